The highest BCUT2D eigenvalue weighted by molar-refractivity contribution is 5.97. The maximum absolute atomic E-state index is 13.5. The Labute approximate surface area is 183 Å². The van der Waals surface area contributed by atoms with E-state index in [2.05, 4.69) is 29.0 Å². The minimum Gasteiger partial charge on any atom is -0.348 e. The smallest absolute Gasteiger partial charge is 0.254 e. The molecule has 0 aliphatic carbocycles. The molecule has 1 aromatic heterocycles. The van der Waals surface area contributed by atoms with Crippen LogP contribution in [-0.4, -0.2) is 45.8 Å². The van der Waals surface area contributed by atoms with Gasteiger partial charge in [-0.15, -0.1) is 0 Å². The molecule has 0 saturated heterocycles. The number of aromatic nitrogens is 1. The summed E-state index contributed by atoms with van der Waals surface area (Å²) < 4.78 is 2.21. The van der Waals surface area contributed by atoms with Gasteiger partial charge in [-0.2, -0.15) is 0 Å². The summed E-state index contributed by atoms with van der Waals surface area (Å²) in [6.45, 7) is 5.99. The first kappa shape index (κ1) is 20.9. The molecule has 5 heteroatoms. The summed E-state index contributed by atoms with van der Waals surface area (Å²) in [5.41, 5.74) is 3.79. The normalized spacial score (nSPS) is 15.4. The van der Waals surface area contributed by atoms with Gasteiger partial charge < -0.3 is 14.4 Å². The summed E-state index contributed by atoms with van der Waals surface area (Å²) in [6, 6.07) is 21.7. The maximum Gasteiger partial charge on any atom is 0.254 e. The van der Waals surface area contributed by atoms with Gasteiger partial charge in [-0.3, -0.25) is 9.59 Å². The lowest BCUT2D eigenvalue weighted by atomic mass is 9.99. The SMILES string of the molecule is CCCN(CC(=O)N1CCn2cccc2C1c1ccccc1)C(=O)c1ccccc1C. The number of benzene rings is 2. The fraction of sp³-hybridized carbons (Fsp3) is 0.308. The van der Waals surface area contributed by atoms with E-state index in [0.717, 1.165) is 29.8 Å². The number of aryl methyl sites for hydroxylation is 1. The van der Waals surface area contributed by atoms with Crippen molar-refractivity contribution < 1.29 is 9.59 Å². The predicted molar refractivity (Wildman–Crippen MR) is 122 cm³/mol. The molecule has 0 spiro atoms. The second-order valence-electron chi connectivity index (χ2n) is 8.07. The summed E-state index contributed by atoms with van der Waals surface area (Å²) in [6.07, 6.45) is 2.87. The van der Waals surface area contributed by atoms with Crippen LogP contribution in [0, 0.1) is 6.92 Å². The molecule has 160 valence electrons. The molecule has 1 aliphatic rings. The number of nitrogens with zero attached hydrogens (tertiary/aromatic N) is 3. The molecule has 5 nitrogen and oxygen atoms in total. The molecule has 0 saturated carbocycles. The lowest BCUT2D eigenvalue weighted by molar-refractivity contribution is -0.134. The number of hydrogen-bond acceptors (Lipinski definition) is 2. The fourth-order valence-electron chi connectivity index (χ4n) is 4.40. The Morgan fingerprint density at radius 3 is 2.45 bits per heavy atom. The van der Waals surface area contributed by atoms with Gasteiger partial charge in [0, 0.05) is 37.1 Å². The lowest BCUT2D eigenvalue weighted by Crippen LogP contribution is -2.48. The van der Waals surface area contributed by atoms with Gasteiger partial charge in [-0.1, -0.05) is 55.5 Å². The van der Waals surface area contributed by atoms with Crippen LogP contribution in [0.1, 0.15) is 46.6 Å². The van der Waals surface area contributed by atoms with E-state index in [0.29, 0.717) is 18.7 Å². The number of amides is 2. The van der Waals surface area contributed by atoms with E-state index in [1.807, 2.05) is 67.3 Å². The number of hydrogen-bond donors (Lipinski definition) is 0. The van der Waals surface area contributed by atoms with Crippen molar-refractivity contribution in [3.05, 3.63) is 95.3 Å². The number of fused-ring (bicyclic) bond motifs is 1. The second-order valence-corrected chi connectivity index (χ2v) is 8.07. The van der Waals surface area contributed by atoms with Gasteiger partial charge in [0.2, 0.25) is 5.91 Å². The van der Waals surface area contributed by atoms with Gasteiger partial charge >= 0.3 is 0 Å². The van der Waals surface area contributed by atoms with Crippen molar-refractivity contribution in [2.24, 2.45) is 0 Å². The van der Waals surface area contributed by atoms with Crippen LogP contribution in [0.15, 0.2) is 72.9 Å². The number of rotatable bonds is 6. The highest BCUT2D eigenvalue weighted by Gasteiger charge is 2.33. The Kier molecular flexibility index (Phi) is 6.21. The predicted octanol–water partition coefficient (Wildman–Crippen LogP) is 4.28. The average molecular weight is 416 g/mol. The molecule has 0 fully saturated rings. The molecule has 2 heterocycles. The Hall–Kier alpha value is -3.34. The Bertz CT molecular complexity index is 1060. The zero-order valence-corrected chi connectivity index (χ0v) is 18.2. The molecule has 1 aliphatic heterocycles. The van der Waals surface area contributed by atoms with E-state index >= 15 is 0 Å². The van der Waals surface area contributed by atoms with E-state index in [1.165, 1.54) is 0 Å². The molecule has 0 bridgehead atoms. The van der Waals surface area contributed by atoms with Crippen molar-refractivity contribution in [3.8, 4) is 0 Å². The van der Waals surface area contributed by atoms with Crippen LogP contribution < -0.4 is 0 Å². The molecule has 0 radical (unpaired) electrons. The van der Waals surface area contributed by atoms with Crippen LogP contribution in [0.3, 0.4) is 0 Å². The quantitative estimate of drug-likeness (QED) is 0.603. The highest BCUT2D eigenvalue weighted by atomic mass is 16.2. The topological polar surface area (TPSA) is 45.6 Å². The van der Waals surface area contributed by atoms with E-state index in [-0.39, 0.29) is 24.4 Å². The third-order valence-corrected chi connectivity index (χ3v) is 5.96. The van der Waals surface area contributed by atoms with Crippen LogP contribution >= 0.6 is 0 Å². The van der Waals surface area contributed by atoms with Gasteiger partial charge in [0.15, 0.2) is 0 Å². The molecule has 2 amide bonds. The molecule has 0 N–H and O–H groups in total. The van der Waals surface area contributed by atoms with Crippen molar-refractivity contribution in [1.29, 1.82) is 0 Å². The van der Waals surface area contributed by atoms with E-state index in [1.54, 1.807) is 4.90 Å². The maximum atomic E-state index is 13.5. The largest absolute Gasteiger partial charge is 0.348 e. The monoisotopic (exact) mass is 415 g/mol. The molecule has 4 rings (SSSR count). The third-order valence-electron chi connectivity index (χ3n) is 5.96. The highest BCUT2D eigenvalue weighted by Crippen LogP contribution is 2.32. The molecular weight excluding hydrogens is 386 g/mol. The summed E-state index contributed by atoms with van der Waals surface area (Å²) in [7, 11) is 0. The van der Waals surface area contributed by atoms with Gasteiger partial charge in [-0.25, -0.2) is 0 Å². The Morgan fingerprint density at radius 2 is 1.71 bits per heavy atom. The minimum atomic E-state index is -0.144. The minimum absolute atomic E-state index is 0.0170. The van der Waals surface area contributed by atoms with Crippen LogP contribution in [0.2, 0.25) is 0 Å². The zero-order valence-electron chi connectivity index (χ0n) is 18.2. The third kappa shape index (κ3) is 4.26. The standard InChI is InChI=1S/C26H29N3O2/c1-3-15-28(26(31)22-13-8-7-10-20(22)2)19-24(30)29-18-17-27-16-9-14-23(27)25(29)21-11-5-4-6-12-21/h4-14,16,25H,3,15,17-19H2,1-2H3. The van der Waals surface area contributed by atoms with Crippen LogP contribution in [0.25, 0.3) is 0 Å². The van der Waals surface area contributed by atoms with Crippen molar-refractivity contribution in [2.75, 3.05) is 19.6 Å². The van der Waals surface area contributed by atoms with Gasteiger partial charge in [0.1, 0.15) is 6.54 Å². The van der Waals surface area contributed by atoms with Crippen LogP contribution in [-0.2, 0) is 11.3 Å². The first-order chi connectivity index (χ1) is 15.1. The molecule has 3 aromatic rings. The van der Waals surface area contributed by atoms with Gasteiger partial charge in [-0.05, 0) is 42.7 Å². The Morgan fingerprint density at radius 1 is 0.968 bits per heavy atom. The molecule has 31 heavy (non-hydrogen) atoms. The summed E-state index contributed by atoms with van der Waals surface area (Å²) in [5, 5.41) is 0. The van der Waals surface area contributed by atoms with Crippen molar-refractivity contribution in [1.82, 2.24) is 14.4 Å². The lowest BCUT2D eigenvalue weighted by Gasteiger charge is -2.38. The summed E-state index contributed by atoms with van der Waals surface area (Å²) >= 11 is 0. The summed E-state index contributed by atoms with van der Waals surface area (Å²) in [4.78, 5) is 30.4. The van der Waals surface area contributed by atoms with E-state index in [9.17, 15) is 9.59 Å². The molecule has 1 unspecified atom stereocenters. The first-order valence-corrected chi connectivity index (χ1v) is 10.9. The van der Waals surface area contributed by atoms with E-state index < -0.39 is 0 Å². The van der Waals surface area contributed by atoms with Crippen LogP contribution in [0.5, 0.6) is 0 Å². The van der Waals surface area contributed by atoms with Gasteiger partial charge in [0.25, 0.3) is 5.91 Å². The molecule has 1 atom stereocenters. The second kappa shape index (κ2) is 9.21. The van der Waals surface area contributed by atoms with E-state index in [4.69, 9.17) is 0 Å². The number of carbonyl (C=O) groups is 2. The van der Waals surface area contributed by atoms with Gasteiger partial charge in [0.05, 0.1) is 6.04 Å². The van der Waals surface area contributed by atoms with Crippen molar-refractivity contribution >= 4 is 11.8 Å². The Balaban J connectivity index is 1.61. The van der Waals surface area contributed by atoms with Crippen molar-refractivity contribution in [3.63, 3.8) is 0 Å². The van der Waals surface area contributed by atoms with Crippen molar-refractivity contribution in [2.45, 2.75) is 32.9 Å². The molecular formula is C26H29N3O2. The zero-order chi connectivity index (χ0) is 21.8. The fourth-order valence-corrected chi connectivity index (χ4v) is 4.40. The first-order valence-electron chi connectivity index (χ1n) is 10.9. The molecule has 2 aromatic carbocycles. The van der Waals surface area contributed by atoms with Crippen LogP contribution in [0.4, 0.5) is 0 Å². The number of carbonyl (C=O) groups excluding carboxylic acids is 2. The average Bonchev–Trinajstić information content (AvgIpc) is 3.27. The summed E-state index contributed by atoms with van der Waals surface area (Å²) in [5.74, 6) is -0.0957.